The molecule has 6 nitrogen and oxygen atoms in total. The number of carbonyl (C=O) groups is 1. The van der Waals surface area contributed by atoms with Crippen LogP contribution in [0, 0.1) is 10.1 Å². The van der Waals surface area contributed by atoms with Crippen molar-refractivity contribution in [1.82, 2.24) is 4.57 Å². The molecule has 0 radical (unpaired) electrons. The van der Waals surface area contributed by atoms with Crippen LogP contribution in [0.5, 0.6) is 0 Å². The number of anilines is 1. The van der Waals surface area contributed by atoms with E-state index in [4.69, 9.17) is 17.3 Å². The number of carbonyl (C=O) groups excluding carboxylic acids is 1. The van der Waals surface area contributed by atoms with E-state index in [-0.39, 0.29) is 14.9 Å². The van der Waals surface area contributed by atoms with E-state index in [1.165, 1.54) is 16.8 Å². The van der Waals surface area contributed by atoms with Crippen LogP contribution in [-0.4, -0.2) is 15.4 Å². The summed E-state index contributed by atoms with van der Waals surface area (Å²) in [5, 5.41) is 11.6. The van der Waals surface area contributed by atoms with E-state index in [1.807, 2.05) is 6.07 Å². The molecule has 3 rings (SSSR count). The lowest BCUT2D eigenvalue weighted by atomic mass is 10.2. The van der Waals surface area contributed by atoms with Crippen LogP contribution in [0.1, 0.15) is 9.67 Å². The van der Waals surface area contributed by atoms with Crippen molar-refractivity contribution < 1.29 is 9.72 Å². The number of hydrogen-bond acceptors (Lipinski definition) is 5. The Bertz CT molecular complexity index is 884. The molecule has 0 bridgehead atoms. The van der Waals surface area contributed by atoms with Gasteiger partial charge in [0, 0.05) is 17.6 Å². The van der Waals surface area contributed by atoms with Crippen LogP contribution in [0.15, 0.2) is 36.5 Å². The molecule has 0 amide bonds. The van der Waals surface area contributed by atoms with Crippen molar-refractivity contribution in [3.63, 3.8) is 0 Å². The maximum Gasteiger partial charge on any atom is 0.299 e. The van der Waals surface area contributed by atoms with Crippen molar-refractivity contribution in [2.75, 3.05) is 5.73 Å². The lowest BCUT2D eigenvalue weighted by Crippen LogP contribution is -2.08. The summed E-state index contributed by atoms with van der Waals surface area (Å²) in [5.41, 5.74) is 6.72. The fraction of sp³-hybridized carbons (Fsp3) is 0. The van der Waals surface area contributed by atoms with Crippen molar-refractivity contribution in [1.29, 1.82) is 0 Å². The summed E-state index contributed by atoms with van der Waals surface area (Å²) in [4.78, 5) is 22.9. The first-order valence-corrected chi connectivity index (χ1v) is 7.02. The quantitative estimate of drug-likeness (QED) is 0.577. The zero-order valence-corrected chi connectivity index (χ0v) is 12.0. The predicted molar refractivity (Wildman–Crippen MR) is 82.1 cm³/mol. The first kappa shape index (κ1) is 13.6. The molecule has 8 heteroatoms. The van der Waals surface area contributed by atoms with Crippen LogP contribution >= 0.6 is 22.9 Å². The van der Waals surface area contributed by atoms with Gasteiger partial charge in [-0.05, 0) is 6.07 Å². The first-order chi connectivity index (χ1) is 9.99. The van der Waals surface area contributed by atoms with Gasteiger partial charge in [-0.2, -0.15) is 0 Å². The Balaban J connectivity index is 2.13. The highest BCUT2D eigenvalue weighted by Gasteiger charge is 2.23. The monoisotopic (exact) mass is 321 g/mol. The molecule has 2 heterocycles. The van der Waals surface area contributed by atoms with Gasteiger partial charge in [0.05, 0.1) is 16.1 Å². The molecule has 0 unspecified atom stereocenters. The molecule has 0 atom stereocenters. The van der Waals surface area contributed by atoms with E-state index in [9.17, 15) is 14.9 Å². The fourth-order valence-corrected chi connectivity index (χ4v) is 3.24. The van der Waals surface area contributed by atoms with Gasteiger partial charge in [0.1, 0.15) is 4.88 Å². The minimum atomic E-state index is -0.613. The number of nitrogen functional groups attached to an aromatic ring is 1. The average molecular weight is 322 g/mol. The Hall–Kier alpha value is -2.38. The maximum atomic E-state index is 12.5. The summed E-state index contributed by atoms with van der Waals surface area (Å²) >= 11 is 6.66. The summed E-state index contributed by atoms with van der Waals surface area (Å²) in [6, 6.07) is 8.35. The number of halogens is 1. The average Bonchev–Trinajstić information content (AvgIpc) is 3.00. The summed E-state index contributed by atoms with van der Waals surface area (Å²) in [6.07, 6.45) is 1.51. The Morgan fingerprint density at radius 3 is 2.76 bits per heavy atom. The van der Waals surface area contributed by atoms with Crippen LogP contribution in [0.4, 0.5) is 11.4 Å². The summed E-state index contributed by atoms with van der Waals surface area (Å²) in [7, 11) is 0. The first-order valence-electron chi connectivity index (χ1n) is 5.83. The molecule has 0 saturated heterocycles. The van der Waals surface area contributed by atoms with Crippen LogP contribution < -0.4 is 5.73 Å². The van der Waals surface area contributed by atoms with E-state index < -0.39 is 10.8 Å². The second-order valence-electron chi connectivity index (χ2n) is 4.30. The van der Waals surface area contributed by atoms with Gasteiger partial charge in [-0.15, -0.1) is 11.3 Å². The van der Waals surface area contributed by atoms with Crippen molar-refractivity contribution >= 4 is 51.1 Å². The lowest BCUT2D eigenvalue weighted by molar-refractivity contribution is -0.384. The van der Waals surface area contributed by atoms with Crippen LogP contribution in [0.25, 0.3) is 10.9 Å². The lowest BCUT2D eigenvalue weighted by Gasteiger charge is -2.00. The number of rotatable bonds is 2. The molecule has 0 fully saturated rings. The van der Waals surface area contributed by atoms with Crippen molar-refractivity contribution in [2.24, 2.45) is 0 Å². The SMILES string of the molecule is Nc1cn(C(=O)c2cc([N+](=O)[O-])c(Cl)s2)c2ccccc12. The zero-order chi connectivity index (χ0) is 15.1. The number of fused-ring (bicyclic) bond motifs is 1. The van der Waals surface area contributed by atoms with Crippen LogP contribution in [-0.2, 0) is 0 Å². The molecular formula is C13H8ClN3O3S. The minimum absolute atomic E-state index is 0.0206. The summed E-state index contributed by atoms with van der Waals surface area (Å²) in [5.74, 6) is -0.400. The third-order valence-electron chi connectivity index (χ3n) is 3.04. The number of para-hydroxylation sites is 1. The molecule has 21 heavy (non-hydrogen) atoms. The smallest absolute Gasteiger partial charge is 0.299 e. The molecular weight excluding hydrogens is 314 g/mol. The molecule has 1 aromatic carbocycles. The highest BCUT2D eigenvalue weighted by molar-refractivity contribution is 7.18. The van der Waals surface area contributed by atoms with E-state index in [0.717, 1.165) is 16.7 Å². The Labute approximate surface area is 127 Å². The van der Waals surface area contributed by atoms with Gasteiger partial charge in [0.25, 0.3) is 11.6 Å². The molecule has 3 aromatic rings. The third kappa shape index (κ3) is 2.16. The standard InChI is InChI=1S/C13H8ClN3O3S/c14-12-10(17(19)20)5-11(21-12)13(18)16-6-8(15)7-3-1-2-4-9(7)16/h1-6H,15H2. The topological polar surface area (TPSA) is 91.2 Å². The Morgan fingerprint density at radius 1 is 1.38 bits per heavy atom. The van der Waals surface area contributed by atoms with E-state index >= 15 is 0 Å². The Kier molecular flexibility index (Phi) is 3.15. The molecule has 0 aliphatic rings. The van der Waals surface area contributed by atoms with E-state index in [1.54, 1.807) is 18.2 Å². The second kappa shape index (κ2) is 4.87. The van der Waals surface area contributed by atoms with Gasteiger partial charge < -0.3 is 5.73 Å². The Morgan fingerprint density at radius 2 is 2.10 bits per heavy atom. The summed E-state index contributed by atoms with van der Waals surface area (Å²) < 4.78 is 1.35. The molecule has 2 N–H and O–H groups in total. The molecule has 0 aliphatic heterocycles. The number of nitrogens with zero attached hydrogens (tertiary/aromatic N) is 2. The summed E-state index contributed by atoms with van der Waals surface area (Å²) in [6.45, 7) is 0. The molecule has 0 spiro atoms. The molecule has 0 aliphatic carbocycles. The second-order valence-corrected chi connectivity index (χ2v) is 5.96. The van der Waals surface area contributed by atoms with Gasteiger partial charge in [-0.25, -0.2) is 0 Å². The number of aromatic nitrogens is 1. The normalized spacial score (nSPS) is 10.9. The van der Waals surface area contributed by atoms with Gasteiger partial charge >= 0.3 is 0 Å². The van der Waals surface area contributed by atoms with Gasteiger partial charge in [-0.1, -0.05) is 29.8 Å². The minimum Gasteiger partial charge on any atom is -0.397 e. The zero-order valence-electron chi connectivity index (χ0n) is 10.4. The molecule has 2 aromatic heterocycles. The van der Waals surface area contributed by atoms with E-state index in [0.29, 0.717) is 11.2 Å². The third-order valence-corrected chi connectivity index (χ3v) is 4.36. The van der Waals surface area contributed by atoms with Crippen molar-refractivity contribution in [3.8, 4) is 0 Å². The molecule has 0 saturated carbocycles. The van der Waals surface area contributed by atoms with E-state index in [2.05, 4.69) is 0 Å². The van der Waals surface area contributed by atoms with Crippen molar-refractivity contribution in [2.45, 2.75) is 0 Å². The maximum absolute atomic E-state index is 12.5. The largest absolute Gasteiger partial charge is 0.397 e. The van der Waals surface area contributed by atoms with Crippen LogP contribution in [0.3, 0.4) is 0 Å². The predicted octanol–water partition coefficient (Wildman–Crippen LogP) is 3.54. The van der Waals surface area contributed by atoms with Gasteiger partial charge in [0.15, 0.2) is 4.34 Å². The molecule has 106 valence electrons. The fourth-order valence-electron chi connectivity index (χ4n) is 2.08. The van der Waals surface area contributed by atoms with Gasteiger partial charge in [0.2, 0.25) is 0 Å². The number of nitro groups is 1. The highest BCUT2D eigenvalue weighted by Crippen LogP contribution is 2.35. The highest BCUT2D eigenvalue weighted by atomic mass is 35.5. The number of thiophene rings is 1. The number of benzene rings is 1. The van der Waals surface area contributed by atoms with Crippen molar-refractivity contribution in [3.05, 3.63) is 55.9 Å². The van der Waals surface area contributed by atoms with Crippen LogP contribution in [0.2, 0.25) is 4.34 Å². The number of nitrogens with two attached hydrogens (primary N) is 1. The van der Waals surface area contributed by atoms with Gasteiger partial charge in [-0.3, -0.25) is 19.5 Å². The number of hydrogen-bond donors (Lipinski definition) is 1.